The molecule has 0 unspecified atom stereocenters. The molecular weight excluding hydrogens is 344 g/mol. The van der Waals surface area contributed by atoms with Crippen LogP contribution in [0.25, 0.3) is 0 Å². The van der Waals surface area contributed by atoms with Crippen LogP contribution in [0.4, 0.5) is 0 Å². The summed E-state index contributed by atoms with van der Waals surface area (Å²) >= 11 is 0. The molecule has 150 valence electrons. The predicted molar refractivity (Wildman–Crippen MR) is 106 cm³/mol. The molecule has 9 heteroatoms. The van der Waals surface area contributed by atoms with E-state index in [4.69, 9.17) is 4.74 Å². The molecule has 9 nitrogen and oxygen atoms in total. The maximum absolute atomic E-state index is 5.11. The average molecular weight is 377 g/mol. The van der Waals surface area contributed by atoms with Crippen LogP contribution >= 0.6 is 0 Å². The minimum Gasteiger partial charge on any atom is -0.383 e. The summed E-state index contributed by atoms with van der Waals surface area (Å²) in [6, 6.07) is 2.10. The molecule has 0 aliphatic carbocycles. The zero-order valence-corrected chi connectivity index (χ0v) is 16.9. The molecule has 0 aliphatic heterocycles. The Morgan fingerprint density at radius 1 is 1.22 bits per heavy atom. The highest BCUT2D eigenvalue weighted by molar-refractivity contribution is 5.79. The largest absolute Gasteiger partial charge is 0.383 e. The van der Waals surface area contributed by atoms with Crippen LogP contribution in [0.1, 0.15) is 30.6 Å². The number of rotatable bonds is 11. The first-order valence-electron chi connectivity index (χ1n) is 9.53. The highest BCUT2D eigenvalue weighted by atomic mass is 16.5. The van der Waals surface area contributed by atoms with Crippen molar-refractivity contribution < 1.29 is 4.74 Å². The van der Waals surface area contributed by atoms with Crippen molar-refractivity contribution in [2.24, 2.45) is 4.99 Å². The minimum atomic E-state index is 0.637. The number of aromatic nitrogens is 5. The summed E-state index contributed by atoms with van der Waals surface area (Å²) in [4.78, 5) is 4.67. The smallest absolute Gasteiger partial charge is 0.191 e. The highest BCUT2D eigenvalue weighted by Crippen LogP contribution is 2.02. The number of methoxy groups -OCH3 is 1. The Morgan fingerprint density at radius 2 is 2.04 bits per heavy atom. The van der Waals surface area contributed by atoms with Crippen LogP contribution in [0.15, 0.2) is 17.4 Å². The molecule has 2 aromatic rings. The van der Waals surface area contributed by atoms with Crippen molar-refractivity contribution in [1.82, 2.24) is 35.2 Å². The molecule has 0 radical (unpaired) electrons. The van der Waals surface area contributed by atoms with Crippen molar-refractivity contribution in [2.45, 2.75) is 46.7 Å². The molecule has 0 aromatic carbocycles. The summed E-state index contributed by atoms with van der Waals surface area (Å²) in [5.74, 6) is 1.79. The van der Waals surface area contributed by atoms with Gasteiger partial charge in [0, 0.05) is 51.9 Å². The molecule has 0 bridgehead atoms. The van der Waals surface area contributed by atoms with Gasteiger partial charge in [-0.25, -0.2) is 0 Å². The topological polar surface area (TPSA) is 94.2 Å². The van der Waals surface area contributed by atoms with Gasteiger partial charge in [-0.1, -0.05) is 6.92 Å². The molecule has 2 aromatic heterocycles. The van der Waals surface area contributed by atoms with E-state index in [2.05, 4.69) is 55.4 Å². The van der Waals surface area contributed by atoms with Crippen molar-refractivity contribution in [3.05, 3.63) is 29.6 Å². The molecule has 2 heterocycles. The molecule has 0 atom stereocenters. The number of ether oxygens (including phenoxy) is 1. The summed E-state index contributed by atoms with van der Waals surface area (Å²) in [7, 11) is 1.69. The second-order valence-corrected chi connectivity index (χ2v) is 6.37. The van der Waals surface area contributed by atoms with E-state index in [1.54, 1.807) is 13.4 Å². The van der Waals surface area contributed by atoms with Gasteiger partial charge >= 0.3 is 0 Å². The standard InChI is InChI=1S/C18H32N8O/c1-5-17-23-22-14-25(17)11-8-20-18(21-9-12-27-4)19-7-6-10-26-16(3)13-15(2)24-26/h13-14H,5-12H2,1-4H3,(H2,19,20,21). The van der Waals surface area contributed by atoms with Crippen molar-refractivity contribution >= 4 is 5.96 Å². The average Bonchev–Trinajstić information content (AvgIpc) is 3.23. The first-order chi connectivity index (χ1) is 13.1. The fourth-order valence-corrected chi connectivity index (χ4v) is 2.79. The van der Waals surface area contributed by atoms with E-state index >= 15 is 0 Å². The number of nitrogens with zero attached hydrogens (tertiary/aromatic N) is 6. The van der Waals surface area contributed by atoms with Gasteiger partial charge in [0.2, 0.25) is 0 Å². The van der Waals surface area contributed by atoms with Gasteiger partial charge in [0.15, 0.2) is 5.96 Å². The number of aryl methyl sites for hydroxylation is 4. The summed E-state index contributed by atoms with van der Waals surface area (Å²) in [6.45, 7) is 10.7. The third-order valence-electron chi connectivity index (χ3n) is 4.16. The van der Waals surface area contributed by atoms with Crippen molar-refractivity contribution in [1.29, 1.82) is 0 Å². The Morgan fingerprint density at radius 3 is 2.74 bits per heavy atom. The van der Waals surface area contributed by atoms with Crippen LogP contribution in [0, 0.1) is 13.8 Å². The Bertz CT molecular complexity index is 706. The molecule has 0 saturated heterocycles. The first kappa shape index (κ1) is 20.9. The molecule has 0 saturated carbocycles. The number of guanidine groups is 1. The van der Waals surface area contributed by atoms with Gasteiger partial charge in [-0.3, -0.25) is 9.67 Å². The molecular formula is C18H32N8O. The van der Waals surface area contributed by atoms with Crippen LogP contribution in [-0.2, 0) is 24.2 Å². The van der Waals surface area contributed by atoms with E-state index in [9.17, 15) is 0 Å². The predicted octanol–water partition coefficient (Wildman–Crippen LogP) is 0.926. The maximum Gasteiger partial charge on any atom is 0.191 e. The summed E-state index contributed by atoms with van der Waals surface area (Å²) < 4.78 is 9.20. The fourth-order valence-electron chi connectivity index (χ4n) is 2.79. The third-order valence-corrected chi connectivity index (χ3v) is 4.16. The zero-order chi connectivity index (χ0) is 19.5. The molecule has 0 amide bonds. The summed E-state index contributed by atoms with van der Waals surface area (Å²) in [5.41, 5.74) is 2.24. The van der Waals surface area contributed by atoms with Crippen LogP contribution in [0.2, 0.25) is 0 Å². The van der Waals surface area contributed by atoms with E-state index in [1.807, 2.05) is 11.6 Å². The molecule has 0 spiro atoms. The van der Waals surface area contributed by atoms with E-state index in [1.165, 1.54) is 5.69 Å². The van der Waals surface area contributed by atoms with Crippen LogP contribution in [0.3, 0.4) is 0 Å². The lowest BCUT2D eigenvalue weighted by molar-refractivity contribution is 0.203. The lowest BCUT2D eigenvalue weighted by atomic mass is 10.4. The number of aliphatic imine (C=N–C) groups is 1. The van der Waals surface area contributed by atoms with Crippen LogP contribution in [-0.4, -0.2) is 63.9 Å². The van der Waals surface area contributed by atoms with Crippen molar-refractivity contribution in [3.8, 4) is 0 Å². The zero-order valence-electron chi connectivity index (χ0n) is 16.9. The second-order valence-electron chi connectivity index (χ2n) is 6.37. The van der Waals surface area contributed by atoms with E-state index in [0.717, 1.165) is 56.5 Å². The van der Waals surface area contributed by atoms with Gasteiger partial charge in [0.25, 0.3) is 0 Å². The van der Waals surface area contributed by atoms with Crippen molar-refractivity contribution in [3.63, 3.8) is 0 Å². The molecule has 27 heavy (non-hydrogen) atoms. The normalized spacial score (nSPS) is 11.8. The number of hydrogen-bond donors (Lipinski definition) is 2. The molecule has 0 aliphatic rings. The lowest BCUT2D eigenvalue weighted by Gasteiger charge is -2.13. The maximum atomic E-state index is 5.11. The van der Waals surface area contributed by atoms with E-state index in [0.29, 0.717) is 13.2 Å². The second kappa shape index (κ2) is 11.3. The van der Waals surface area contributed by atoms with E-state index < -0.39 is 0 Å². The van der Waals surface area contributed by atoms with Crippen LogP contribution < -0.4 is 10.6 Å². The summed E-state index contributed by atoms with van der Waals surface area (Å²) in [6.07, 6.45) is 3.58. The van der Waals surface area contributed by atoms with Gasteiger partial charge in [-0.15, -0.1) is 10.2 Å². The van der Waals surface area contributed by atoms with Gasteiger partial charge < -0.3 is 19.9 Å². The van der Waals surface area contributed by atoms with Crippen LogP contribution in [0.5, 0.6) is 0 Å². The SMILES string of the molecule is CCc1nncn1CCNC(=NCCCn1nc(C)cc1C)NCCOC. The number of hydrogen-bond acceptors (Lipinski definition) is 5. The molecule has 0 fully saturated rings. The highest BCUT2D eigenvalue weighted by Gasteiger charge is 2.03. The van der Waals surface area contributed by atoms with Gasteiger partial charge in [0.05, 0.1) is 12.3 Å². The van der Waals surface area contributed by atoms with Gasteiger partial charge in [-0.05, 0) is 26.3 Å². The lowest BCUT2D eigenvalue weighted by Crippen LogP contribution is -2.40. The molecule has 2 N–H and O–H groups in total. The Kier molecular flexibility index (Phi) is 8.76. The summed E-state index contributed by atoms with van der Waals surface area (Å²) in [5, 5.41) is 19.2. The number of nitrogens with one attached hydrogen (secondary N) is 2. The van der Waals surface area contributed by atoms with Crippen molar-refractivity contribution in [2.75, 3.05) is 33.4 Å². The fraction of sp³-hybridized carbons (Fsp3) is 0.667. The Balaban J connectivity index is 1.80. The Hall–Kier alpha value is -2.42. The van der Waals surface area contributed by atoms with Gasteiger partial charge in [0.1, 0.15) is 12.2 Å². The minimum absolute atomic E-state index is 0.637. The molecule has 2 rings (SSSR count). The van der Waals surface area contributed by atoms with Gasteiger partial charge in [-0.2, -0.15) is 5.10 Å². The third kappa shape index (κ3) is 7.01. The quantitative estimate of drug-likeness (QED) is 0.344. The Labute approximate surface area is 161 Å². The monoisotopic (exact) mass is 376 g/mol. The van der Waals surface area contributed by atoms with E-state index in [-0.39, 0.29) is 0 Å². The first-order valence-corrected chi connectivity index (χ1v) is 9.53.